The molecule has 0 bridgehead atoms. The maximum atomic E-state index is 6.90. The number of anilines is 2. The van der Waals surface area contributed by atoms with Crippen LogP contribution in [0.2, 0.25) is 10.0 Å². The van der Waals surface area contributed by atoms with Gasteiger partial charge in [-0.25, -0.2) is 0 Å². The zero-order valence-electron chi connectivity index (χ0n) is 19.6. The number of hydrogen-bond acceptors (Lipinski definition) is 2. The van der Waals surface area contributed by atoms with Crippen LogP contribution in [-0.2, 0) is 6.42 Å². The van der Waals surface area contributed by atoms with Crippen LogP contribution in [0.1, 0.15) is 50.3 Å². The predicted octanol–water partition coefficient (Wildman–Crippen LogP) is 8.06. The van der Waals surface area contributed by atoms with Crippen molar-refractivity contribution in [3.8, 4) is 0 Å². The summed E-state index contributed by atoms with van der Waals surface area (Å²) in [5.74, 6) is 0.0777. The molecule has 0 amide bonds. The monoisotopic (exact) mass is 468 g/mol. The molecule has 0 N–H and O–H groups in total. The van der Waals surface area contributed by atoms with Gasteiger partial charge in [0.05, 0.1) is 0 Å². The first-order valence-electron chi connectivity index (χ1n) is 11.6. The van der Waals surface area contributed by atoms with E-state index >= 15 is 0 Å². The summed E-state index contributed by atoms with van der Waals surface area (Å²) >= 11 is 13.8. The van der Waals surface area contributed by atoms with Gasteiger partial charge in [-0.15, -0.1) is 0 Å². The molecule has 3 rings (SSSR count). The molecule has 3 aromatic rings. The number of rotatable bonds is 10. The van der Waals surface area contributed by atoms with Crippen LogP contribution in [0, 0.1) is 0 Å². The predicted molar refractivity (Wildman–Crippen MR) is 142 cm³/mol. The minimum absolute atomic E-state index is 0.0777. The van der Waals surface area contributed by atoms with Crippen LogP contribution >= 0.6 is 23.2 Å². The molecule has 0 aromatic heterocycles. The van der Waals surface area contributed by atoms with E-state index in [0.29, 0.717) is 0 Å². The van der Waals surface area contributed by atoms with Crippen LogP contribution in [0.5, 0.6) is 0 Å². The second-order valence-electron chi connectivity index (χ2n) is 8.00. The molecule has 2 nitrogen and oxygen atoms in total. The van der Waals surface area contributed by atoms with Gasteiger partial charge >= 0.3 is 0 Å². The van der Waals surface area contributed by atoms with Crippen LogP contribution in [0.3, 0.4) is 0 Å². The second-order valence-corrected chi connectivity index (χ2v) is 8.81. The van der Waals surface area contributed by atoms with Gasteiger partial charge in [0.2, 0.25) is 0 Å². The fourth-order valence-electron chi connectivity index (χ4n) is 4.41. The highest BCUT2D eigenvalue weighted by Crippen LogP contribution is 2.39. The van der Waals surface area contributed by atoms with Gasteiger partial charge in [0.25, 0.3) is 0 Å². The van der Waals surface area contributed by atoms with Gasteiger partial charge in [-0.3, -0.25) is 0 Å². The highest BCUT2D eigenvalue weighted by atomic mass is 35.5. The SMILES string of the molecule is CCN(CC)c1ccc(C(Cc2ccccc2)c2ccc(N(CC)CC)cc2Cl)c(Cl)c1. The van der Waals surface area contributed by atoms with E-state index in [1.165, 1.54) is 5.56 Å². The Balaban J connectivity index is 2.05. The first-order valence-corrected chi connectivity index (χ1v) is 12.4. The van der Waals surface area contributed by atoms with Crippen LogP contribution in [0.25, 0.3) is 0 Å². The summed E-state index contributed by atoms with van der Waals surface area (Å²) in [6, 6.07) is 23.5. The number of halogens is 2. The Hall–Kier alpha value is -2.16. The summed E-state index contributed by atoms with van der Waals surface area (Å²) in [6.07, 6.45) is 0.843. The molecule has 0 aliphatic rings. The Morgan fingerprint density at radius 1 is 0.625 bits per heavy atom. The van der Waals surface area contributed by atoms with E-state index in [-0.39, 0.29) is 5.92 Å². The van der Waals surface area contributed by atoms with E-state index in [1.54, 1.807) is 0 Å². The van der Waals surface area contributed by atoms with E-state index in [4.69, 9.17) is 23.2 Å². The standard InChI is InChI=1S/C28H34Cl2N2/c1-5-31(6-2)22-14-16-24(27(29)19-22)26(18-21-12-10-9-11-13-21)25-17-15-23(20-28(25)30)32(7-3)8-4/h9-17,19-20,26H,5-8,18H2,1-4H3. The molecule has 32 heavy (non-hydrogen) atoms. The third-order valence-electron chi connectivity index (χ3n) is 6.26. The summed E-state index contributed by atoms with van der Waals surface area (Å²) in [5, 5.41) is 1.58. The van der Waals surface area contributed by atoms with E-state index in [2.05, 4.69) is 104 Å². The topological polar surface area (TPSA) is 6.48 Å². The zero-order valence-corrected chi connectivity index (χ0v) is 21.1. The lowest BCUT2D eigenvalue weighted by Gasteiger charge is -2.26. The highest BCUT2D eigenvalue weighted by molar-refractivity contribution is 6.32. The highest BCUT2D eigenvalue weighted by Gasteiger charge is 2.22. The Morgan fingerprint density at radius 3 is 1.44 bits per heavy atom. The Morgan fingerprint density at radius 2 is 1.06 bits per heavy atom. The average molecular weight is 470 g/mol. The van der Waals surface area contributed by atoms with Crippen LogP contribution in [-0.4, -0.2) is 26.2 Å². The van der Waals surface area contributed by atoms with Crippen LogP contribution in [0.4, 0.5) is 11.4 Å². The molecule has 4 heteroatoms. The molecule has 0 saturated heterocycles. The maximum absolute atomic E-state index is 6.90. The second kappa shape index (κ2) is 11.6. The van der Waals surface area contributed by atoms with Gasteiger partial charge in [-0.2, -0.15) is 0 Å². The molecule has 0 atom stereocenters. The average Bonchev–Trinajstić information content (AvgIpc) is 2.81. The fourth-order valence-corrected chi connectivity index (χ4v) is 5.02. The summed E-state index contributed by atoms with van der Waals surface area (Å²) in [4.78, 5) is 4.63. The third-order valence-corrected chi connectivity index (χ3v) is 6.91. The first-order chi connectivity index (χ1) is 15.5. The minimum atomic E-state index is 0.0777. The third kappa shape index (κ3) is 5.60. The lowest BCUT2D eigenvalue weighted by molar-refractivity contribution is 0.801. The Bertz CT molecular complexity index is 934. The molecule has 0 radical (unpaired) electrons. The van der Waals surface area contributed by atoms with Crippen molar-refractivity contribution in [3.05, 3.63) is 93.5 Å². The van der Waals surface area contributed by atoms with Crippen molar-refractivity contribution in [2.24, 2.45) is 0 Å². The van der Waals surface area contributed by atoms with Crippen LogP contribution in [0.15, 0.2) is 66.7 Å². The molecular weight excluding hydrogens is 435 g/mol. The van der Waals surface area contributed by atoms with Gasteiger partial charge in [-0.1, -0.05) is 65.7 Å². The quantitative estimate of drug-likeness (QED) is 0.296. The van der Waals surface area contributed by atoms with Gasteiger partial charge in [-0.05, 0) is 75.1 Å². The molecular formula is C28H34Cl2N2. The lowest BCUT2D eigenvalue weighted by atomic mass is 9.85. The van der Waals surface area contributed by atoms with E-state index in [1.807, 2.05) is 0 Å². The molecule has 0 heterocycles. The fraction of sp³-hybridized carbons (Fsp3) is 0.357. The Kier molecular flexibility index (Phi) is 8.90. The summed E-state index contributed by atoms with van der Waals surface area (Å²) in [5.41, 5.74) is 5.81. The van der Waals surface area contributed by atoms with Gasteiger partial charge < -0.3 is 9.80 Å². The molecule has 0 spiro atoms. The number of benzene rings is 3. The van der Waals surface area contributed by atoms with Crippen LogP contribution < -0.4 is 9.80 Å². The van der Waals surface area contributed by atoms with Crippen molar-refractivity contribution in [1.29, 1.82) is 0 Å². The van der Waals surface area contributed by atoms with Gasteiger partial charge in [0.1, 0.15) is 0 Å². The molecule has 0 aliphatic heterocycles. The van der Waals surface area contributed by atoms with Crippen molar-refractivity contribution >= 4 is 34.6 Å². The molecule has 0 saturated carbocycles. The largest absolute Gasteiger partial charge is 0.372 e. The summed E-state index contributed by atoms with van der Waals surface area (Å²) in [7, 11) is 0. The molecule has 0 aliphatic carbocycles. The molecule has 0 fully saturated rings. The summed E-state index contributed by atoms with van der Waals surface area (Å²) < 4.78 is 0. The lowest BCUT2D eigenvalue weighted by Crippen LogP contribution is -2.22. The maximum Gasteiger partial charge on any atom is 0.0464 e. The molecule has 3 aromatic carbocycles. The zero-order chi connectivity index (χ0) is 23.1. The first kappa shape index (κ1) is 24.5. The number of hydrogen-bond donors (Lipinski definition) is 0. The van der Waals surface area contributed by atoms with E-state index in [0.717, 1.165) is 65.1 Å². The van der Waals surface area contributed by atoms with Crippen molar-refractivity contribution < 1.29 is 0 Å². The van der Waals surface area contributed by atoms with Crippen molar-refractivity contribution in [2.75, 3.05) is 36.0 Å². The Labute approximate surface area is 203 Å². The van der Waals surface area contributed by atoms with Gasteiger partial charge in [0.15, 0.2) is 0 Å². The van der Waals surface area contributed by atoms with Crippen molar-refractivity contribution in [3.63, 3.8) is 0 Å². The summed E-state index contributed by atoms with van der Waals surface area (Å²) in [6.45, 7) is 12.5. The van der Waals surface area contributed by atoms with Gasteiger partial charge in [0, 0.05) is 53.5 Å². The smallest absolute Gasteiger partial charge is 0.0464 e. The van der Waals surface area contributed by atoms with Crippen molar-refractivity contribution in [2.45, 2.75) is 40.0 Å². The van der Waals surface area contributed by atoms with E-state index in [9.17, 15) is 0 Å². The number of nitrogens with zero attached hydrogens (tertiary/aromatic N) is 2. The molecule has 170 valence electrons. The van der Waals surface area contributed by atoms with Crippen molar-refractivity contribution in [1.82, 2.24) is 0 Å². The minimum Gasteiger partial charge on any atom is -0.372 e. The normalized spacial score (nSPS) is 11.1. The van der Waals surface area contributed by atoms with E-state index < -0.39 is 0 Å². The molecule has 0 unspecified atom stereocenters.